The Balaban J connectivity index is 1.80. The van der Waals surface area contributed by atoms with Crippen molar-refractivity contribution in [3.63, 3.8) is 0 Å². The van der Waals surface area contributed by atoms with Gasteiger partial charge in [-0.15, -0.1) is 11.3 Å². The summed E-state index contributed by atoms with van der Waals surface area (Å²) in [7, 11) is 1.65. The molecule has 1 unspecified atom stereocenters. The quantitative estimate of drug-likeness (QED) is 0.575. The van der Waals surface area contributed by atoms with Crippen molar-refractivity contribution >= 4 is 21.6 Å². The Kier molecular flexibility index (Phi) is 6.96. The third-order valence-electron chi connectivity index (χ3n) is 4.64. The first-order valence-electron chi connectivity index (χ1n) is 9.45. The van der Waals surface area contributed by atoms with Crippen molar-refractivity contribution in [1.29, 1.82) is 0 Å². The van der Waals surface area contributed by atoms with Gasteiger partial charge in [-0.3, -0.25) is 9.69 Å². The van der Waals surface area contributed by atoms with Crippen LogP contribution in [0.1, 0.15) is 42.1 Å². The molecule has 0 aliphatic rings. The Morgan fingerprint density at radius 1 is 1.29 bits per heavy atom. The Morgan fingerprint density at radius 3 is 2.71 bits per heavy atom. The van der Waals surface area contributed by atoms with Crippen LogP contribution in [0, 0.1) is 0 Å². The first kappa shape index (κ1) is 20.7. The summed E-state index contributed by atoms with van der Waals surface area (Å²) in [5.41, 5.74) is 0.750. The van der Waals surface area contributed by atoms with Crippen molar-refractivity contribution < 1.29 is 9.84 Å². The molecule has 0 saturated heterocycles. The summed E-state index contributed by atoms with van der Waals surface area (Å²) in [4.78, 5) is 24.0. The topological polar surface area (TPSA) is 78.5 Å². The van der Waals surface area contributed by atoms with Crippen LogP contribution in [0.5, 0.6) is 0 Å². The standard InChI is InChI=1S/C21H27N3O3S/c1-14(2)18-11-16-20(26)22-19(23-21(16)28-18)13-24(9-10-27-3)12-17(25)15-7-5-4-6-8-15/h4-8,11,14,17,25H,9-10,12-13H2,1-3H3,(H,22,23,26). The van der Waals surface area contributed by atoms with Crippen LogP contribution in [0.2, 0.25) is 0 Å². The minimum Gasteiger partial charge on any atom is -0.387 e. The third-order valence-corrected chi connectivity index (χ3v) is 5.97. The van der Waals surface area contributed by atoms with E-state index in [0.29, 0.717) is 43.4 Å². The zero-order valence-electron chi connectivity index (χ0n) is 16.5. The molecule has 2 aromatic heterocycles. The largest absolute Gasteiger partial charge is 0.387 e. The molecular weight excluding hydrogens is 374 g/mol. The number of rotatable bonds is 9. The predicted molar refractivity (Wildman–Crippen MR) is 113 cm³/mol. The van der Waals surface area contributed by atoms with E-state index in [0.717, 1.165) is 15.3 Å². The van der Waals surface area contributed by atoms with Crippen molar-refractivity contribution in [3.8, 4) is 0 Å². The van der Waals surface area contributed by atoms with E-state index in [1.54, 1.807) is 18.4 Å². The predicted octanol–water partition coefficient (Wildman–Crippen LogP) is 3.29. The van der Waals surface area contributed by atoms with Crippen LogP contribution in [0.15, 0.2) is 41.2 Å². The zero-order valence-corrected chi connectivity index (χ0v) is 17.3. The smallest absolute Gasteiger partial charge is 0.259 e. The van der Waals surface area contributed by atoms with Gasteiger partial charge in [-0.05, 0) is 17.5 Å². The van der Waals surface area contributed by atoms with E-state index in [1.165, 1.54) is 0 Å². The number of benzene rings is 1. The Hall–Kier alpha value is -2.06. The van der Waals surface area contributed by atoms with E-state index in [2.05, 4.69) is 23.8 Å². The number of aliphatic hydroxyl groups excluding tert-OH is 1. The second kappa shape index (κ2) is 9.43. The molecule has 3 rings (SSSR count). The normalized spacial score (nSPS) is 12.9. The number of thiophene rings is 1. The maximum Gasteiger partial charge on any atom is 0.259 e. The SMILES string of the molecule is COCCN(Cc1nc2sc(C(C)C)cc2c(=O)[nH]1)CC(O)c1ccccc1. The first-order chi connectivity index (χ1) is 13.5. The van der Waals surface area contributed by atoms with Crippen molar-refractivity contribution in [1.82, 2.24) is 14.9 Å². The molecule has 6 nitrogen and oxygen atoms in total. The minimum atomic E-state index is -0.622. The van der Waals surface area contributed by atoms with Gasteiger partial charge in [0.15, 0.2) is 0 Å². The summed E-state index contributed by atoms with van der Waals surface area (Å²) in [6.07, 6.45) is -0.622. The lowest BCUT2D eigenvalue weighted by atomic mass is 10.1. The maximum atomic E-state index is 12.5. The van der Waals surface area contributed by atoms with Gasteiger partial charge in [-0.25, -0.2) is 4.98 Å². The molecule has 0 aliphatic carbocycles. The number of hydrogen-bond acceptors (Lipinski definition) is 6. The Labute approximate surface area is 168 Å². The van der Waals surface area contributed by atoms with Gasteiger partial charge in [0.2, 0.25) is 0 Å². The molecular formula is C21H27N3O3S. The van der Waals surface area contributed by atoms with Crippen LogP contribution >= 0.6 is 11.3 Å². The molecule has 1 aromatic carbocycles. The average Bonchev–Trinajstić information content (AvgIpc) is 3.12. The first-order valence-corrected chi connectivity index (χ1v) is 10.3. The molecule has 1 atom stereocenters. The lowest BCUT2D eigenvalue weighted by Gasteiger charge is -2.24. The number of methoxy groups -OCH3 is 1. The summed E-state index contributed by atoms with van der Waals surface area (Å²) in [5.74, 6) is 0.965. The summed E-state index contributed by atoms with van der Waals surface area (Å²) in [5, 5.41) is 11.2. The number of aromatic amines is 1. The maximum absolute atomic E-state index is 12.5. The molecule has 0 bridgehead atoms. The van der Waals surface area contributed by atoms with E-state index in [9.17, 15) is 9.90 Å². The highest BCUT2D eigenvalue weighted by atomic mass is 32.1. The number of hydrogen-bond donors (Lipinski definition) is 2. The number of nitrogens with zero attached hydrogens (tertiary/aromatic N) is 2. The van der Waals surface area contributed by atoms with Crippen LogP contribution in [0.3, 0.4) is 0 Å². The molecule has 7 heteroatoms. The van der Waals surface area contributed by atoms with E-state index < -0.39 is 6.10 Å². The molecule has 0 amide bonds. The van der Waals surface area contributed by atoms with Gasteiger partial charge >= 0.3 is 0 Å². The molecule has 0 saturated carbocycles. The highest BCUT2D eigenvalue weighted by molar-refractivity contribution is 7.18. The van der Waals surface area contributed by atoms with Crippen molar-refractivity contribution in [2.24, 2.45) is 0 Å². The number of aliphatic hydroxyl groups is 1. The Bertz CT molecular complexity index is 952. The highest BCUT2D eigenvalue weighted by Gasteiger charge is 2.17. The van der Waals surface area contributed by atoms with Gasteiger partial charge in [-0.2, -0.15) is 0 Å². The van der Waals surface area contributed by atoms with Crippen LogP contribution in [0.4, 0.5) is 0 Å². The fourth-order valence-electron chi connectivity index (χ4n) is 3.05. The van der Waals surface area contributed by atoms with Gasteiger partial charge in [0, 0.05) is 25.1 Å². The van der Waals surface area contributed by atoms with Crippen molar-refractivity contribution in [3.05, 3.63) is 63.0 Å². The molecule has 2 N–H and O–H groups in total. The summed E-state index contributed by atoms with van der Waals surface area (Å²) < 4.78 is 5.21. The zero-order chi connectivity index (χ0) is 20.1. The average molecular weight is 402 g/mol. The van der Waals surface area contributed by atoms with Crippen molar-refractivity contribution in [2.75, 3.05) is 26.8 Å². The third kappa shape index (κ3) is 5.05. The summed E-state index contributed by atoms with van der Waals surface area (Å²) in [6, 6.07) is 11.5. The molecule has 0 spiro atoms. The minimum absolute atomic E-state index is 0.113. The lowest BCUT2D eigenvalue weighted by Crippen LogP contribution is -2.32. The van der Waals surface area contributed by atoms with E-state index in [-0.39, 0.29) is 5.56 Å². The van der Waals surface area contributed by atoms with Crippen LogP contribution in [-0.2, 0) is 11.3 Å². The summed E-state index contributed by atoms with van der Waals surface area (Å²) >= 11 is 1.57. The molecule has 0 fully saturated rings. The van der Waals surface area contributed by atoms with E-state index >= 15 is 0 Å². The monoisotopic (exact) mass is 401 g/mol. The molecule has 0 radical (unpaired) electrons. The Morgan fingerprint density at radius 2 is 2.04 bits per heavy atom. The molecule has 150 valence electrons. The molecule has 0 aliphatic heterocycles. The van der Waals surface area contributed by atoms with Crippen LogP contribution in [0.25, 0.3) is 10.2 Å². The number of ether oxygens (including phenoxy) is 1. The number of fused-ring (bicyclic) bond motifs is 1. The fraction of sp³-hybridized carbons (Fsp3) is 0.429. The lowest BCUT2D eigenvalue weighted by molar-refractivity contribution is 0.0835. The number of H-pyrrole nitrogens is 1. The second-order valence-electron chi connectivity index (χ2n) is 7.19. The van der Waals surface area contributed by atoms with Crippen molar-refractivity contribution in [2.45, 2.75) is 32.4 Å². The number of nitrogens with one attached hydrogen (secondary N) is 1. The van der Waals surface area contributed by atoms with Crippen LogP contribution in [-0.4, -0.2) is 46.8 Å². The van der Waals surface area contributed by atoms with Crippen LogP contribution < -0.4 is 5.56 Å². The van der Waals surface area contributed by atoms with E-state index in [4.69, 9.17) is 4.74 Å². The van der Waals surface area contributed by atoms with Gasteiger partial charge in [0.1, 0.15) is 10.7 Å². The molecule has 3 aromatic rings. The van der Waals surface area contributed by atoms with Gasteiger partial charge in [0.25, 0.3) is 5.56 Å². The molecule has 28 heavy (non-hydrogen) atoms. The number of aromatic nitrogens is 2. The van der Waals surface area contributed by atoms with Gasteiger partial charge < -0.3 is 14.8 Å². The second-order valence-corrected chi connectivity index (χ2v) is 8.25. The van der Waals surface area contributed by atoms with Gasteiger partial charge in [-0.1, -0.05) is 44.2 Å². The summed E-state index contributed by atoms with van der Waals surface area (Å²) in [6.45, 7) is 6.24. The highest BCUT2D eigenvalue weighted by Crippen LogP contribution is 2.27. The van der Waals surface area contributed by atoms with E-state index in [1.807, 2.05) is 41.3 Å². The van der Waals surface area contributed by atoms with Gasteiger partial charge in [0.05, 0.1) is 24.6 Å². The molecule has 2 heterocycles. The fourth-order valence-corrected chi connectivity index (χ4v) is 4.10.